The summed E-state index contributed by atoms with van der Waals surface area (Å²) >= 11 is 0. The zero-order valence-electron chi connectivity index (χ0n) is 18.0. The van der Waals surface area contributed by atoms with Gasteiger partial charge in [0.25, 0.3) is 5.91 Å². The molecule has 1 unspecified atom stereocenters. The van der Waals surface area contributed by atoms with Gasteiger partial charge in [0.05, 0.1) is 6.04 Å². The quantitative estimate of drug-likeness (QED) is 0.588. The molecule has 8 nitrogen and oxygen atoms in total. The molecule has 0 bridgehead atoms. The Bertz CT molecular complexity index is 1250. The summed E-state index contributed by atoms with van der Waals surface area (Å²) in [6.45, 7) is 0.407. The number of benzene rings is 2. The largest absolute Gasteiger partial charge is 0.361 e. The number of carbonyl (C=O) groups excluding carboxylic acids is 4. The molecule has 168 valence electrons. The molecule has 1 fully saturated rings. The lowest BCUT2D eigenvalue weighted by Crippen LogP contribution is -2.51. The summed E-state index contributed by atoms with van der Waals surface area (Å²) in [6.07, 6.45) is 2.75. The van der Waals surface area contributed by atoms with Crippen LogP contribution in [0.25, 0.3) is 10.9 Å². The number of aromatic nitrogens is 1. The molecule has 5 rings (SSSR count). The maximum absolute atomic E-state index is 13.5. The first-order chi connectivity index (χ1) is 16.0. The topological polar surface area (TPSA) is 103 Å². The second-order valence-corrected chi connectivity index (χ2v) is 8.52. The molecule has 4 amide bonds. The van der Waals surface area contributed by atoms with Gasteiger partial charge in [-0.15, -0.1) is 0 Å². The molecule has 0 spiro atoms. The van der Waals surface area contributed by atoms with Gasteiger partial charge in [-0.05, 0) is 41.8 Å². The molecule has 0 aliphatic carbocycles. The molecule has 3 heterocycles. The number of imide groups is 1. The van der Waals surface area contributed by atoms with Crippen molar-refractivity contribution in [3.05, 3.63) is 71.4 Å². The van der Waals surface area contributed by atoms with Gasteiger partial charge >= 0.3 is 0 Å². The highest BCUT2D eigenvalue weighted by molar-refractivity contribution is 6.04. The van der Waals surface area contributed by atoms with Crippen molar-refractivity contribution >= 4 is 34.5 Å². The Morgan fingerprint density at radius 2 is 1.76 bits per heavy atom. The van der Waals surface area contributed by atoms with E-state index in [1.807, 2.05) is 54.7 Å². The summed E-state index contributed by atoms with van der Waals surface area (Å²) < 4.78 is 0. The van der Waals surface area contributed by atoms with Crippen molar-refractivity contribution < 1.29 is 19.2 Å². The second kappa shape index (κ2) is 8.54. The van der Waals surface area contributed by atoms with Gasteiger partial charge in [0.1, 0.15) is 6.54 Å². The third-order valence-corrected chi connectivity index (χ3v) is 6.41. The number of amides is 4. The maximum Gasteiger partial charge on any atom is 0.254 e. The molecule has 1 atom stereocenters. The summed E-state index contributed by atoms with van der Waals surface area (Å²) in [5.74, 6) is -1.15. The second-order valence-electron chi connectivity index (χ2n) is 8.52. The van der Waals surface area contributed by atoms with Gasteiger partial charge in [0, 0.05) is 48.6 Å². The zero-order chi connectivity index (χ0) is 22.9. The van der Waals surface area contributed by atoms with E-state index in [4.69, 9.17) is 0 Å². The molecule has 2 aromatic carbocycles. The normalized spacial score (nSPS) is 18.0. The Kier molecular flexibility index (Phi) is 5.42. The number of likely N-dealkylation sites (tertiary alicyclic amines) is 1. The van der Waals surface area contributed by atoms with E-state index in [9.17, 15) is 19.2 Å². The van der Waals surface area contributed by atoms with Crippen LogP contribution < -0.4 is 5.32 Å². The Hall–Kier alpha value is -3.94. The molecular weight excluding hydrogens is 420 g/mol. The van der Waals surface area contributed by atoms with Crippen LogP contribution in [0, 0.1) is 0 Å². The average Bonchev–Trinajstić information content (AvgIpc) is 3.43. The highest BCUT2D eigenvalue weighted by Crippen LogP contribution is 2.26. The molecule has 2 aliphatic heterocycles. The number of hydrogen-bond acceptors (Lipinski definition) is 4. The first-order valence-corrected chi connectivity index (χ1v) is 11.0. The number of nitrogens with one attached hydrogen (secondary N) is 2. The molecule has 33 heavy (non-hydrogen) atoms. The van der Waals surface area contributed by atoms with Crippen molar-refractivity contribution in [2.24, 2.45) is 0 Å². The maximum atomic E-state index is 13.5. The number of rotatable bonds is 5. The Morgan fingerprint density at radius 1 is 1.00 bits per heavy atom. The van der Waals surface area contributed by atoms with Crippen LogP contribution in [-0.2, 0) is 27.3 Å². The van der Waals surface area contributed by atoms with E-state index < -0.39 is 5.91 Å². The van der Waals surface area contributed by atoms with Crippen LogP contribution in [0.1, 0.15) is 34.3 Å². The summed E-state index contributed by atoms with van der Waals surface area (Å²) in [4.78, 5) is 55.5. The van der Waals surface area contributed by atoms with E-state index in [1.165, 1.54) is 0 Å². The molecule has 1 aromatic heterocycles. The lowest BCUT2D eigenvalue weighted by Gasteiger charge is -2.37. The van der Waals surface area contributed by atoms with E-state index in [-0.39, 0.29) is 49.7 Å². The number of hydrogen-bond donors (Lipinski definition) is 2. The zero-order valence-corrected chi connectivity index (χ0v) is 18.0. The molecule has 1 saturated heterocycles. The van der Waals surface area contributed by atoms with E-state index in [0.717, 1.165) is 26.9 Å². The van der Waals surface area contributed by atoms with Gasteiger partial charge in [0.15, 0.2) is 0 Å². The van der Waals surface area contributed by atoms with Crippen LogP contribution in [0.5, 0.6) is 0 Å². The fraction of sp³-hybridized carbons (Fsp3) is 0.280. The number of nitrogens with zero attached hydrogens (tertiary/aromatic N) is 2. The summed E-state index contributed by atoms with van der Waals surface area (Å²) in [5.41, 5.74) is 3.78. The van der Waals surface area contributed by atoms with Crippen LogP contribution >= 0.6 is 0 Å². The van der Waals surface area contributed by atoms with Crippen LogP contribution in [0.3, 0.4) is 0 Å². The molecule has 0 saturated carbocycles. The fourth-order valence-corrected chi connectivity index (χ4v) is 4.59. The average molecular weight is 444 g/mol. The van der Waals surface area contributed by atoms with E-state index in [1.54, 1.807) is 4.90 Å². The first kappa shape index (κ1) is 20.9. The third kappa shape index (κ3) is 4.11. The van der Waals surface area contributed by atoms with E-state index in [0.29, 0.717) is 18.5 Å². The van der Waals surface area contributed by atoms with E-state index >= 15 is 0 Å². The SMILES string of the molecule is O=C(CN1C(=O)CCC1=O)NCC1Cc2ccccc2CN1C(=O)c1ccc2[nH]ccc2c1. The van der Waals surface area contributed by atoms with Crippen molar-refractivity contribution in [3.63, 3.8) is 0 Å². The smallest absolute Gasteiger partial charge is 0.254 e. The van der Waals surface area contributed by atoms with Gasteiger partial charge in [0.2, 0.25) is 17.7 Å². The monoisotopic (exact) mass is 444 g/mol. The molecular formula is C25H24N4O4. The molecule has 8 heteroatoms. The highest BCUT2D eigenvalue weighted by atomic mass is 16.2. The Morgan fingerprint density at radius 3 is 2.55 bits per heavy atom. The van der Waals surface area contributed by atoms with Gasteiger partial charge in [-0.1, -0.05) is 24.3 Å². The Labute approximate surface area is 190 Å². The summed E-state index contributed by atoms with van der Waals surface area (Å²) in [5, 5.41) is 3.79. The van der Waals surface area contributed by atoms with Crippen LogP contribution in [0.4, 0.5) is 0 Å². The highest BCUT2D eigenvalue weighted by Gasteiger charge is 2.33. The predicted octanol–water partition coefficient (Wildman–Crippen LogP) is 2.00. The van der Waals surface area contributed by atoms with Gasteiger partial charge in [-0.3, -0.25) is 24.1 Å². The first-order valence-electron chi connectivity index (χ1n) is 11.0. The minimum atomic E-state index is -0.404. The fourth-order valence-electron chi connectivity index (χ4n) is 4.59. The van der Waals surface area contributed by atoms with E-state index in [2.05, 4.69) is 10.3 Å². The Balaban J connectivity index is 1.34. The summed E-state index contributed by atoms with van der Waals surface area (Å²) in [7, 11) is 0. The third-order valence-electron chi connectivity index (χ3n) is 6.41. The lowest BCUT2D eigenvalue weighted by molar-refractivity contribution is -0.142. The number of H-pyrrole nitrogens is 1. The summed E-state index contributed by atoms with van der Waals surface area (Å²) in [6, 6.07) is 15.2. The van der Waals surface area contributed by atoms with Crippen molar-refractivity contribution in [3.8, 4) is 0 Å². The van der Waals surface area contributed by atoms with Crippen LogP contribution in [0.2, 0.25) is 0 Å². The molecule has 2 aliphatic rings. The number of fused-ring (bicyclic) bond motifs is 2. The van der Waals surface area contributed by atoms with Crippen molar-refractivity contribution in [2.45, 2.75) is 31.8 Å². The molecule has 0 radical (unpaired) electrons. The molecule has 2 N–H and O–H groups in total. The minimum Gasteiger partial charge on any atom is -0.361 e. The number of carbonyl (C=O) groups is 4. The van der Waals surface area contributed by atoms with Crippen LogP contribution in [-0.4, -0.2) is 57.5 Å². The van der Waals surface area contributed by atoms with Gasteiger partial charge in [-0.25, -0.2) is 0 Å². The standard InChI is InChI=1S/C25H24N4O4/c30-22(15-29-23(31)7-8-24(29)32)27-13-20-12-16-3-1-2-4-19(16)14-28(20)25(33)18-5-6-21-17(11-18)9-10-26-21/h1-6,9-11,20,26H,7-8,12-15H2,(H,27,30). The predicted molar refractivity (Wildman–Crippen MR) is 121 cm³/mol. The van der Waals surface area contributed by atoms with Gasteiger partial charge < -0.3 is 15.2 Å². The van der Waals surface area contributed by atoms with Gasteiger partial charge in [-0.2, -0.15) is 0 Å². The van der Waals surface area contributed by atoms with Crippen molar-refractivity contribution in [1.29, 1.82) is 0 Å². The number of aromatic amines is 1. The van der Waals surface area contributed by atoms with Crippen molar-refractivity contribution in [2.75, 3.05) is 13.1 Å². The minimum absolute atomic E-state index is 0.100. The van der Waals surface area contributed by atoms with Crippen molar-refractivity contribution in [1.82, 2.24) is 20.1 Å². The van der Waals surface area contributed by atoms with Crippen LogP contribution in [0.15, 0.2) is 54.7 Å². The molecule has 3 aromatic rings. The lowest BCUT2D eigenvalue weighted by atomic mass is 9.93.